The van der Waals surface area contributed by atoms with Crippen molar-refractivity contribution in [3.05, 3.63) is 34.9 Å². The van der Waals surface area contributed by atoms with Gasteiger partial charge in [-0.3, -0.25) is 0 Å². The molecule has 4 saturated carbocycles. The van der Waals surface area contributed by atoms with Gasteiger partial charge in [0.25, 0.3) is 0 Å². The first-order valence-electron chi connectivity index (χ1n) is 9.32. The lowest BCUT2D eigenvalue weighted by atomic mass is 9.17. The second-order valence-electron chi connectivity index (χ2n) is 9.65. The second-order valence-corrected chi connectivity index (χ2v) is 10.1. The van der Waals surface area contributed by atoms with Crippen LogP contribution in [0.3, 0.4) is 0 Å². The molecule has 1 aliphatic heterocycles. The zero-order chi connectivity index (χ0) is 17.0. The van der Waals surface area contributed by atoms with Crippen molar-refractivity contribution < 1.29 is 9.31 Å². The largest absolute Gasteiger partial charge is 0.464 e. The Labute approximate surface area is 150 Å². The predicted octanol–water partition coefficient (Wildman–Crippen LogP) is 5.24. The summed E-state index contributed by atoms with van der Waals surface area (Å²) in [5, 5.41) is 1.07. The first-order valence-corrected chi connectivity index (χ1v) is 9.70. The quantitative estimate of drug-likeness (QED) is 0.698. The number of rotatable bonds is 3. The van der Waals surface area contributed by atoms with Gasteiger partial charge in [-0.25, -0.2) is 0 Å². The Balaban J connectivity index is 1.45. The van der Waals surface area contributed by atoms with E-state index in [1.165, 1.54) is 31.2 Å². The Kier molecular flexibility index (Phi) is 2.90. The third-order valence-corrected chi connectivity index (χ3v) is 7.99. The van der Waals surface area contributed by atoms with Gasteiger partial charge in [-0.2, -0.15) is 0 Å². The van der Waals surface area contributed by atoms with Gasteiger partial charge in [0.2, 0.25) is 0 Å². The van der Waals surface area contributed by atoms with E-state index in [1.807, 2.05) is 12.1 Å². The Morgan fingerprint density at radius 1 is 0.958 bits per heavy atom. The van der Waals surface area contributed by atoms with Crippen LogP contribution in [0.2, 0.25) is 10.3 Å². The van der Waals surface area contributed by atoms with Crippen molar-refractivity contribution in [2.75, 3.05) is 0 Å². The molecule has 0 N–H and O–H groups in total. The molecule has 5 fully saturated rings. The van der Waals surface area contributed by atoms with Crippen LogP contribution in [0, 0.1) is 11.8 Å². The molecule has 2 bridgehead atoms. The molecule has 1 aromatic rings. The molecule has 6 rings (SSSR count). The molecule has 1 heterocycles. The fraction of sp³-hybridized carbons (Fsp3) is 0.700. The topological polar surface area (TPSA) is 18.5 Å². The Morgan fingerprint density at radius 3 is 2.00 bits per heavy atom. The van der Waals surface area contributed by atoms with Crippen molar-refractivity contribution in [2.24, 2.45) is 11.8 Å². The van der Waals surface area contributed by atoms with Crippen molar-refractivity contribution in [3.8, 4) is 0 Å². The van der Waals surface area contributed by atoms with Crippen LogP contribution in [0.4, 0.5) is 0 Å². The molecular formula is C20H26BClO2. The maximum atomic E-state index is 6.47. The third-order valence-electron chi connectivity index (χ3n) is 7.74. The first-order chi connectivity index (χ1) is 11.2. The molecule has 0 aromatic heterocycles. The predicted molar refractivity (Wildman–Crippen MR) is 97.4 cm³/mol. The van der Waals surface area contributed by atoms with Gasteiger partial charge in [0.1, 0.15) is 0 Å². The standard InChI is InChI=1S/C20H26BClO2/c1-17(2)18(3,4)24-21(23-17)20-11-19(12-20,16(20)13-5-6-13)14-7-9-15(22)10-8-14/h7-10,13,16H,5-6,11-12H2,1-4H3. The molecule has 4 heteroatoms. The van der Waals surface area contributed by atoms with Crippen LogP contribution >= 0.6 is 11.6 Å². The van der Waals surface area contributed by atoms with E-state index >= 15 is 0 Å². The summed E-state index contributed by atoms with van der Waals surface area (Å²) in [7, 11) is -0.0396. The average molecular weight is 345 g/mol. The van der Waals surface area contributed by atoms with E-state index in [4.69, 9.17) is 20.9 Å². The normalized spacial score (nSPS) is 41.7. The van der Waals surface area contributed by atoms with E-state index in [0.29, 0.717) is 5.41 Å². The minimum absolute atomic E-state index is 0.0396. The number of hydrogen-bond donors (Lipinski definition) is 0. The van der Waals surface area contributed by atoms with Crippen LogP contribution in [0.15, 0.2) is 24.3 Å². The van der Waals surface area contributed by atoms with Crippen molar-refractivity contribution >= 4 is 18.7 Å². The lowest BCUT2D eigenvalue weighted by Gasteiger charge is -2.77. The molecule has 1 saturated heterocycles. The molecule has 0 radical (unpaired) electrons. The summed E-state index contributed by atoms with van der Waals surface area (Å²) in [4.78, 5) is 0. The fourth-order valence-electron chi connectivity index (χ4n) is 5.76. The van der Waals surface area contributed by atoms with Crippen LogP contribution in [0.1, 0.15) is 58.9 Å². The zero-order valence-electron chi connectivity index (χ0n) is 15.1. The van der Waals surface area contributed by atoms with Gasteiger partial charge >= 0.3 is 7.12 Å². The lowest BCUT2D eigenvalue weighted by molar-refractivity contribution is -0.135. The SMILES string of the molecule is CC1(C)OB(C23CC(c4ccc(Cl)cc4)(C2)C3C2CC2)OC1(C)C. The second kappa shape index (κ2) is 4.42. The molecule has 128 valence electrons. The lowest BCUT2D eigenvalue weighted by Crippen LogP contribution is -2.74. The Hall–Kier alpha value is -0.505. The van der Waals surface area contributed by atoms with Gasteiger partial charge in [0.15, 0.2) is 0 Å². The van der Waals surface area contributed by atoms with Crippen LogP contribution in [0.5, 0.6) is 0 Å². The van der Waals surface area contributed by atoms with E-state index in [1.54, 1.807) is 0 Å². The highest BCUT2D eigenvalue weighted by Crippen LogP contribution is 2.87. The van der Waals surface area contributed by atoms with Crippen LogP contribution < -0.4 is 0 Å². The van der Waals surface area contributed by atoms with E-state index in [-0.39, 0.29) is 23.6 Å². The highest BCUT2D eigenvalue weighted by Gasteiger charge is 2.84. The van der Waals surface area contributed by atoms with Gasteiger partial charge in [-0.15, -0.1) is 0 Å². The fourth-order valence-corrected chi connectivity index (χ4v) is 5.88. The number of hydrogen-bond acceptors (Lipinski definition) is 2. The van der Waals surface area contributed by atoms with Gasteiger partial charge in [0.05, 0.1) is 11.2 Å². The van der Waals surface area contributed by atoms with Gasteiger partial charge < -0.3 is 9.31 Å². The van der Waals surface area contributed by atoms with Gasteiger partial charge in [-0.05, 0) is 88.3 Å². The molecule has 1 atom stereocenters. The molecule has 2 nitrogen and oxygen atoms in total. The summed E-state index contributed by atoms with van der Waals surface area (Å²) in [5.74, 6) is 1.59. The van der Waals surface area contributed by atoms with Crippen LogP contribution in [-0.4, -0.2) is 18.3 Å². The van der Waals surface area contributed by atoms with E-state index in [0.717, 1.165) is 16.9 Å². The highest BCUT2D eigenvalue weighted by atomic mass is 35.5. The van der Waals surface area contributed by atoms with Gasteiger partial charge in [0, 0.05) is 10.3 Å². The summed E-state index contributed by atoms with van der Waals surface area (Å²) in [5.41, 5.74) is 1.38. The summed E-state index contributed by atoms with van der Waals surface area (Å²) in [6.07, 6.45) is 5.17. The summed E-state index contributed by atoms with van der Waals surface area (Å²) < 4.78 is 12.9. The van der Waals surface area contributed by atoms with E-state index < -0.39 is 0 Å². The molecule has 1 unspecified atom stereocenters. The van der Waals surface area contributed by atoms with Crippen molar-refractivity contribution in [2.45, 2.75) is 75.3 Å². The van der Waals surface area contributed by atoms with Crippen LogP contribution in [0.25, 0.3) is 0 Å². The highest BCUT2D eigenvalue weighted by molar-refractivity contribution is 6.51. The monoisotopic (exact) mass is 344 g/mol. The zero-order valence-corrected chi connectivity index (χ0v) is 15.8. The van der Waals surface area contributed by atoms with E-state index in [2.05, 4.69) is 39.8 Å². The summed E-state index contributed by atoms with van der Waals surface area (Å²) >= 11 is 6.10. The van der Waals surface area contributed by atoms with Crippen molar-refractivity contribution in [3.63, 3.8) is 0 Å². The smallest absolute Gasteiger partial charge is 0.403 e. The maximum absolute atomic E-state index is 6.47. The van der Waals surface area contributed by atoms with Crippen molar-refractivity contribution in [1.29, 1.82) is 0 Å². The minimum Gasteiger partial charge on any atom is -0.403 e. The summed E-state index contributed by atoms with van der Waals surface area (Å²) in [6, 6.07) is 8.57. The molecule has 1 aromatic carbocycles. The molecular weight excluding hydrogens is 318 g/mol. The number of halogens is 1. The Bertz CT molecular complexity index is 670. The van der Waals surface area contributed by atoms with Crippen molar-refractivity contribution in [1.82, 2.24) is 0 Å². The average Bonchev–Trinajstić information content (AvgIpc) is 3.17. The summed E-state index contributed by atoms with van der Waals surface area (Å²) in [6.45, 7) is 8.66. The van der Waals surface area contributed by atoms with Crippen LogP contribution in [-0.2, 0) is 14.7 Å². The molecule has 5 aliphatic rings. The minimum atomic E-state index is -0.228. The van der Waals surface area contributed by atoms with Gasteiger partial charge in [-0.1, -0.05) is 23.7 Å². The maximum Gasteiger partial charge on any atom is 0.464 e. The van der Waals surface area contributed by atoms with E-state index in [9.17, 15) is 0 Å². The molecule has 4 aliphatic carbocycles. The third kappa shape index (κ3) is 1.77. The Morgan fingerprint density at radius 2 is 1.50 bits per heavy atom. The molecule has 24 heavy (non-hydrogen) atoms. The molecule has 0 spiro atoms. The number of benzene rings is 1. The first kappa shape index (κ1) is 15.7. The molecule has 0 amide bonds.